The van der Waals surface area contributed by atoms with E-state index in [1.165, 1.54) is 17.0 Å². The lowest BCUT2D eigenvalue weighted by Gasteiger charge is -2.32. The summed E-state index contributed by atoms with van der Waals surface area (Å²) in [6.45, 7) is 0.152. The molecular weight excluding hydrogens is 338 g/mol. The van der Waals surface area contributed by atoms with E-state index >= 15 is 0 Å². The first-order valence-corrected chi connectivity index (χ1v) is 8.53. The highest BCUT2D eigenvalue weighted by atomic mass is 19.4. The molecule has 0 N–H and O–H groups in total. The van der Waals surface area contributed by atoms with Crippen LogP contribution in [0.15, 0.2) is 24.3 Å². The number of rotatable bonds is 5. The highest BCUT2D eigenvalue weighted by molar-refractivity contribution is 5.77. The van der Waals surface area contributed by atoms with Crippen molar-refractivity contribution < 1.29 is 27.1 Å². The Morgan fingerprint density at radius 2 is 1.80 bits per heavy atom. The molecule has 1 heterocycles. The first-order valence-electron chi connectivity index (χ1n) is 8.53. The Hall–Kier alpha value is -1.63. The van der Waals surface area contributed by atoms with Crippen molar-refractivity contribution >= 4 is 5.97 Å². The molecule has 1 aliphatic carbocycles. The van der Waals surface area contributed by atoms with Gasteiger partial charge in [0.15, 0.2) is 0 Å². The van der Waals surface area contributed by atoms with Crippen molar-refractivity contribution in [2.75, 3.05) is 26.2 Å². The van der Waals surface area contributed by atoms with Gasteiger partial charge in [-0.1, -0.05) is 12.1 Å². The number of halogens is 4. The second kappa shape index (κ2) is 7.32. The Balaban J connectivity index is 1.37. The van der Waals surface area contributed by atoms with Crippen molar-refractivity contribution in [2.45, 2.75) is 31.4 Å². The average Bonchev–Trinajstić information content (AvgIpc) is 3.34. The predicted octanol–water partition coefficient (Wildman–Crippen LogP) is 3.75. The number of likely N-dealkylation sites (tertiary alicyclic amines) is 1. The molecule has 0 radical (unpaired) electrons. The van der Waals surface area contributed by atoms with E-state index in [-0.39, 0.29) is 36.1 Å². The number of carbonyl (C=O) groups excluding carboxylic acids is 1. The SMILES string of the molecule is O=C(OCC1CCN(CC(F)(F)F)CC1)[C@@H]1C[C@H]1c1ccc(F)cc1. The van der Waals surface area contributed by atoms with Gasteiger partial charge in [-0.2, -0.15) is 13.2 Å². The molecule has 2 atom stereocenters. The van der Waals surface area contributed by atoms with Gasteiger partial charge in [0.25, 0.3) is 0 Å². The van der Waals surface area contributed by atoms with Crippen LogP contribution in [-0.4, -0.2) is 43.3 Å². The zero-order valence-corrected chi connectivity index (χ0v) is 13.8. The molecule has 2 fully saturated rings. The minimum absolute atomic E-state index is 0.0849. The van der Waals surface area contributed by atoms with E-state index in [4.69, 9.17) is 4.74 Å². The maximum absolute atomic E-state index is 12.9. The van der Waals surface area contributed by atoms with Gasteiger partial charge in [-0.25, -0.2) is 4.39 Å². The van der Waals surface area contributed by atoms with Gasteiger partial charge in [-0.05, 0) is 61.9 Å². The molecule has 0 aromatic heterocycles. The van der Waals surface area contributed by atoms with Crippen LogP contribution in [0.5, 0.6) is 0 Å². The smallest absolute Gasteiger partial charge is 0.401 e. The standard InChI is InChI=1S/C18H21F4NO2/c19-14-3-1-13(2-4-14)15-9-16(15)17(24)25-10-12-5-7-23(8-6-12)11-18(20,21)22/h1-4,12,15-16H,5-11H2/t15-,16+/m0/s1. The number of alkyl halides is 3. The van der Waals surface area contributed by atoms with E-state index in [2.05, 4.69) is 0 Å². The summed E-state index contributed by atoms with van der Waals surface area (Å²) in [6, 6.07) is 6.13. The molecule has 7 heteroatoms. The van der Waals surface area contributed by atoms with Gasteiger partial charge >= 0.3 is 12.1 Å². The summed E-state index contributed by atoms with van der Waals surface area (Å²) in [7, 11) is 0. The van der Waals surface area contributed by atoms with Gasteiger partial charge in [-0.3, -0.25) is 9.69 Å². The normalized spacial score (nSPS) is 25.0. The molecule has 3 rings (SSSR count). The van der Waals surface area contributed by atoms with Crippen LogP contribution in [0.3, 0.4) is 0 Å². The fraction of sp³-hybridized carbons (Fsp3) is 0.611. The minimum atomic E-state index is -4.17. The Bertz CT molecular complexity index is 594. The third-order valence-corrected chi connectivity index (χ3v) is 4.96. The number of benzene rings is 1. The van der Waals surface area contributed by atoms with Gasteiger partial charge in [0.05, 0.1) is 19.1 Å². The lowest BCUT2D eigenvalue weighted by molar-refractivity contribution is -0.151. The highest BCUT2D eigenvalue weighted by Gasteiger charge is 2.45. The molecule has 3 nitrogen and oxygen atoms in total. The first kappa shape index (κ1) is 18.2. The topological polar surface area (TPSA) is 29.5 Å². The number of carbonyl (C=O) groups is 1. The Morgan fingerprint density at radius 1 is 1.16 bits per heavy atom. The van der Waals surface area contributed by atoms with E-state index in [9.17, 15) is 22.4 Å². The molecule has 1 aliphatic heterocycles. The summed E-state index contributed by atoms with van der Waals surface area (Å²) in [5.74, 6) is -0.540. The largest absolute Gasteiger partial charge is 0.465 e. The summed E-state index contributed by atoms with van der Waals surface area (Å²) in [5.41, 5.74) is 0.934. The molecule has 2 aliphatic rings. The Labute approximate surface area is 143 Å². The second-order valence-electron chi connectivity index (χ2n) is 6.96. The molecule has 0 unspecified atom stereocenters. The molecule has 138 valence electrons. The van der Waals surface area contributed by atoms with Gasteiger partial charge < -0.3 is 4.74 Å². The number of piperidine rings is 1. The summed E-state index contributed by atoms with van der Waals surface area (Å²) < 4.78 is 55.3. The van der Waals surface area contributed by atoms with Crippen molar-refractivity contribution in [2.24, 2.45) is 11.8 Å². The number of esters is 1. The van der Waals surface area contributed by atoms with Crippen LogP contribution < -0.4 is 0 Å². The monoisotopic (exact) mass is 359 g/mol. The summed E-state index contributed by atoms with van der Waals surface area (Å²) >= 11 is 0. The summed E-state index contributed by atoms with van der Waals surface area (Å²) in [5, 5.41) is 0. The maximum atomic E-state index is 12.9. The van der Waals surface area contributed by atoms with Crippen molar-refractivity contribution in [3.05, 3.63) is 35.6 Å². The summed E-state index contributed by atoms with van der Waals surface area (Å²) in [6.07, 6.45) is -2.25. The number of hydrogen-bond donors (Lipinski definition) is 0. The van der Waals surface area contributed by atoms with Gasteiger partial charge in [0.2, 0.25) is 0 Å². The molecule has 1 aromatic rings. The average molecular weight is 359 g/mol. The molecule has 25 heavy (non-hydrogen) atoms. The van der Waals surface area contributed by atoms with Crippen LogP contribution in [0.4, 0.5) is 17.6 Å². The molecule has 0 bridgehead atoms. The molecule has 0 amide bonds. The van der Waals surface area contributed by atoms with Crippen LogP contribution in [0.25, 0.3) is 0 Å². The zero-order chi connectivity index (χ0) is 18.0. The van der Waals surface area contributed by atoms with Crippen LogP contribution in [0, 0.1) is 17.7 Å². The first-order chi connectivity index (χ1) is 11.8. The minimum Gasteiger partial charge on any atom is -0.465 e. The van der Waals surface area contributed by atoms with Crippen LogP contribution >= 0.6 is 0 Å². The van der Waals surface area contributed by atoms with Crippen LogP contribution in [0.1, 0.15) is 30.7 Å². The number of nitrogens with zero attached hydrogens (tertiary/aromatic N) is 1. The van der Waals surface area contributed by atoms with E-state index in [1.807, 2.05) is 0 Å². The van der Waals surface area contributed by atoms with E-state index in [1.54, 1.807) is 12.1 Å². The number of hydrogen-bond acceptors (Lipinski definition) is 3. The fourth-order valence-corrected chi connectivity index (χ4v) is 3.41. The van der Waals surface area contributed by atoms with Gasteiger partial charge in [-0.15, -0.1) is 0 Å². The van der Waals surface area contributed by atoms with E-state index in [0.717, 1.165) is 5.56 Å². The Kier molecular flexibility index (Phi) is 5.32. The van der Waals surface area contributed by atoms with E-state index in [0.29, 0.717) is 32.4 Å². The van der Waals surface area contributed by atoms with Crippen LogP contribution in [-0.2, 0) is 9.53 Å². The third kappa shape index (κ3) is 5.17. The Morgan fingerprint density at radius 3 is 2.40 bits per heavy atom. The summed E-state index contributed by atoms with van der Waals surface area (Å²) in [4.78, 5) is 13.5. The predicted molar refractivity (Wildman–Crippen MR) is 83.4 cm³/mol. The molecule has 1 aromatic carbocycles. The fourth-order valence-electron chi connectivity index (χ4n) is 3.41. The zero-order valence-electron chi connectivity index (χ0n) is 13.8. The molecule has 1 saturated carbocycles. The van der Waals surface area contributed by atoms with Gasteiger partial charge in [0.1, 0.15) is 5.82 Å². The highest BCUT2D eigenvalue weighted by Crippen LogP contribution is 2.48. The lowest BCUT2D eigenvalue weighted by atomic mass is 9.98. The third-order valence-electron chi connectivity index (χ3n) is 4.96. The van der Waals surface area contributed by atoms with Crippen molar-refractivity contribution in [3.8, 4) is 0 Å². The van der Waals surface area contributed by atoms with Crippen molar-refractivity contribution in [1.82, 2.24) is 4.90 Å². The van der Waals surface area contributed by atoms with Crippen LogP contribution in [0.2, 0.25) is 0 Å². The second-order valence-corrected chi connectivity index (χ2v) is 6.96. The number of ether oxygens (including phenoxy) is 1. The lowest BCUT2D eigenvalue weighted by Crippen LogP contribution is -2.41. The van der Waals surface area contributed by atoms with Crippen molar-refractivity contribution in [3.63, 3.8) is 0 Å². The quantitative estimate of drug-likeness (QED) is 0.592. The molecular formula is C18H21F4NO2. The molecule has 0 spiro atoms. The maximum Gasteiger partial charge on any atom is 0.401 e. The van der Waals surface area contributed by atoms with Crippen molar-refractivity contribution in [1.29, 1.82) is 0 Å². The molecule has 1 saturated heterocycles. The van der Waals surface area contributed by atoms with Gasteiger partial charge in [0, 0.05) is 0 Å². The van der Waals surface area contributed by atoms with E-state index < -0.39 is 12.7 Å².